The van der Waals surface area contributed by atoms with Crippen molar-refractivity contribution in [3.63, 3.8) is 0 Å². The molecule has 25 heavy (non-hydrogen) atoms. The molecule has 1 atom stereocenters. The molecule has 3 rings (SSSR count). The highest BCUT2D eigenvalue weighted by molar-refractivity contribution is 5.93. The Labute approximate surface area is 146 Å². The first kappa shape index (κ1) is 17.1. The molecule has 1 fully saturated rings. The lowest BCUT2D eigenvalue weighted by Gasteiger charge is -2.32. The van der Waals surface area contributed by atoms with Crippen molar-refractivity contribution in [1.82, 2.24) is 19.9 Å². The zero-order valence-electron chi connectivity index (χ0n) is 14.3. The fourth-order valence-corrected chi connectivity index (χ4v) is 3.30. The summed E-state index contributed by atoms with van der Waals surface area (Å²) in [5, 5.41) is 17.1. The lowest BCUT2D eigenvalue weighted by Crippen LogP contribution is -2.40. The van der Waals surface area contributed by atoms with Crippen molar-refractivity contribution in [2.75, 3.05) is 13.1 Å². The molecule has 0 aliphatic carbocycles. The molecule has 0 radical (unpaired) electrons. The van der Waals surface area contributed by atoms with Gasteiger partial charge in [-0.05, 0) is 44.2 Å². The minimum atomic E-state index is -0.787. The Hall–Kier alpha value is -2.70. The standard InChI is InChI=1S/C18H22N4O3/c1-13-17(19-20-22(13)15-7-3-2-4-8-15)18(25)21-11-5-6-14(12-21)9-10-16(23)24/h2-4,7-8,14H,5-6,9-12H2,1H3,(H,23,24). The van der Waals surface area contributed by atoms with Gasteiger partial charge in [-0.1, -0.05) is 23.4 Å². The lowest BCUT2D eigenvalue weighted by molar-refractivity contribution is -0.137. The number of carboxylic acid groups (broad SMARTS) is 1. The van der Waals surface area contributed by atoms with E-state index in [4.69, 9.17) is 5.11 Å². The number of aliphatic carboxylic acids is 1. The second kappa shape index (κ2) is 7.46. The third-order valence-electron chi connectivity index (χ3n) is 4.67. The van der Waals surface area contributed by atoms with Crippen LogP contribution in [0.15, 0.2) is 30.3 Å². The van der Waals surface area contributed by atoms with Gasteiger partial charge < -0.3 is 10.0 Å². The highest BCUT2D eigenvalue weighted by atomic mass is 16.4. The van der Waals surface area contributed by atoms with Gasteiger partial charge in [0.1, 0.15) is 0 Å². The molecule has 2 heterocycles. The minimum absolute atomic E-state index is 0.125. The summed E-state index contributed by atoms with van der Waals surface area (Å²) in [4.78, 5) is 25.4. The number of benzene rings is 1. The van der Waals surface area contributed by atoms with Gasteiger partial charge in [-0.25, -0.2) is 4.68 Å². The summed E-state index contributed by atoms with van der Waals surface area (Å²) < 4.78 is 1.67. The van der Waals surface area contributed by atoms with Gasteiger partial charge in [0.2, 0.25) is 0 Å². The van der Waals surface area contributed by atoms with Crippen LogP contribution in [0.3, 0.4) is 0 Å². The van der Waals surface area contributed by atoms with Gasteiger partial charge >= 0.3 is 5.97 Å². The first-order chi connectivity index (χ1) is 12.1. The maximum Gasteiger partial charge on any atom is 0.303 e. The largest absolute Gasteiger partial charge is 0.481 e. The molecular weight excluding hydrogens is 320 g/mol. The van der Waals surface area contributed by atoms with Crippen LogP contribution in [0, 0.1) is 12.8 Å². The molecule has 1 aliphatic heterocycles. The summed E-state index contributed by atoms with van der Waals surface area (Å²) in [5.41, 5.74) is 1.94. The Kier molecular flexibility index (Phi) is 5.11. The number of aromatic nitrogens is 3. The first-order valence-corrected chi connectivity index (χ1v) is 8.55. The van der Waals surface area contributed by atoms with E-state index in [1.807, 2.05) is 37.3 Å². The third-order valence-corrected chi connectivity index (χ3v) is 4.67. The van der Waals surface area contributed by atoms with E-state index in [1.54, 1.807) is 9.58 Å². The van der Waals surface area contributed by atoms with Gasteiger partial charge in [0, 0.05) is 19.5 Å². The SMILES string of the molecule is Cc1c(C(=O)N2CCCC(CCC(=O)O)C2)nnn1-c1ccccc1. The van der Waals surface area contributed by atoms with E-state index >= 15 is 0 Å². The number of hydrogen-bond acceptors (Lipinski definition) is 4. The number of carbonyl (C=O) groups is 2. The molecule has 1 aliphatic rings. The van der Waals surface area contributed by atoms with E-state index in [2.05, 4.69) is 10.3 Å². The number of amides is 1. The number of para-hydroxylation sites is 1. The summed E-state index contributed by atoms with van der Waals surface area (Å²) in [6.07, 6.45) is 2.61. The van der Waals surface area contributed by atoms with Crippen LogP contribution in [0.4, 0.5) is 0 Å². The van der Waals surface area contributed by atoms with E-state index in [0.717, 1.165) is 18.5 Å². The number of likely N-dealkylation sites (tertiary alicyclic amines) is 1. The number of nitrogens with zero attached hydrogens (tertiary/aromatic N) is 4. The maximum absolute atomic E-state index is 12.8. The summed E-state index contributed by atoms with van der Waals surface area (Å²) in [7, 11) is 0. The second-order valence-electron chi connectivity index (χ2n) is 6.46. The van der Waals surface area contributed by atoms with E-state index in [-0.39, 0.29) is 18.2 Å². The van der Waals surface area contributed by atoms with Gasteiger partial charge in [0.25, 0.3) is 5.91 Å². The molecule has 132 valence electrons. The molecule has 1 aromatic carbocycles. The van der Waals surface area contributed by atoms with Gasteiger partial charge in [-0.2, -0.15) is 0 Å². The first-order valence-electron chi connectivity index (χ1n) is 8.55. The van der Waals surface area contributed by atoms with Gasteiger partial charge in [0.05, 0.1) is 11.4 Å². The van der Waals surface area contributed by atoms with Crippen molar-refractivity contribution in [2.24, 2.45) is 5.92 Å². The van der Waals surface area contributed by atoms with Gasteiger partial charge in [-0.15, -0.1) is 5.10 Å². The zero-order valence-corrected chi connectivity index (χ0v) is 14.3. The third kappa shape index (κ3) is 3.87. The average Bonchev–Trinajstić information content (AvgIpc) is 3.02. The molecule has 7 heteroatoms. The molecule has 0 bridgehead atoms. The Morgan fingerprint density at radius 1 is 1.28 bits per heavy atom. The highest BCUT2D eigenvalue weighted by Gasteiger charge is 2.28. The Morgan fingerprint density at radius 2 is 2.04 bits per heavy atom. The van der Waals surface area contributed by atoms with E-state index in [9.17, 15) is 9.59 Å². The normalized spacial score (nSPS) is 17.5. The summed E-state index contributed by atoms with van der Waals surface area (Å²) in [6, 6.07) is 9.58. The number of rotatable bonds is 5. The Bertz CT molecular complexity index is 757. The van der Waals surface area contributed by atoms with Gasteiger partial charge in [-0.3, -0.25) is 9.59 Å². The minimum Gasteiger partial charge on any atom is -0.481 e. The predicted octanol–water partition coefficient (Wildman–Crippen LogP) is 2.29. The van der Waals surface area contributed by atoms with Crippen molar-refractivity contribution in [2.45, 2.75) is 32.6 Å². The van der Waals surface area contributed by atoms with E-state index in [1.165, 1.54) is 0 Å². The number of piperidine rings is 1. The predicted molar refractivity (Wildman–Crippen MR) is 91.6 cm³/mol. The number of carboxylic acids is 1. The molecule has 0 spiro atoms. The molecule has 7 nitrogen and oxygen atoms in total. The molecule has 1 amide bonds. The summed E-state index contributed by atoms with van der Waals surface area (Å²) >= 11 is 0. The van der Waals surface area contributed by atoms with Crippen molar-refractivity contribution >= 4 is 11.9 Å². The Morgan fingerprint density at radius 3 is 2.76 bits per heavy atom. The van der Waals surface area contributed by atoms with Crippen LogP contribution in [0.25, 0.3) is 5.69 Å². The van der Waals surface area contributed by atoms with E-state index < -0.39 is 5.97 Å². The molecular formula is C18H22N4O3. The number of hydrogen-bond donors (Lipinski definition) is 1. The summed E-state index contributed by atoms with van der Waals surface area (Å²) in [6.45, 7) is 3.11. The van der Waals surface area contributed by atoms with Crippen molar-refractivity contribution in [1.29, 1.82) is 0 Å². The van der Waals surface area contributed by atoms with Crippen LogP contribution in [-0.4, -0.2) is 50.0 Å². The molecule has 1 saturated heterocycles. The smallest absolute Gasteiger partial charge is 0.303 e. The van der Waals surface area contributed by atoms with Crippen molar-refractivity contribution in [3.05, 3.63) is 41.7 Å². The fraction of sp³-hybridized carbons (Fsp3) is 0.444. The molecule has 0 saturated carbocycles. The van der Waals surface area contributed by atoms with Crippen LogP contribution in [0.2, 0.25) is 0 Å². The zero-order chi connectivity index (χ0) is 17.8. The molecule has 1 unspecified atom stereocenters. The van der Waals surface area contributed by atoms with Crippen LogP contribution >= 0.6 is 0 Å². The topological polar surface area (TPSA) is 88.3 Å². The quantitative estimate of drug-likeness (QED) is 0.900. The highest BCUT2D eigenvalue weighted by Crippen LogP contribution is 2.23. The average molecular weight is 342 g/mol. The van der Waals surface area contributed by atoms with E-state index in [0.29, 0.717) is 30.9 Å². The molecule has 1 aromatic heterocycles. The van der Waals surface area contributed by atoms with Gasteiger partial charge in [0.15, 0.2) is 5.69 Å². The second-order valence-corrected chi connectivity index (χ2v) is 6.46. The summed E-state index contributed by atoms with van der Waals surface area (Å²) in [5.74, 6) is -0.678. The fourth-order valence-electron chi connectivity index (χ4n) is 3.30. The van der Waals surface area contributed by atoms with Crippen LogP contribution < -0.4 is 0 Å². The maximum atomic E-state index is 12.8. The number of carbonyl (C=O) groups excluding carboxylic acids is 1. The molecule has 1 N–H and O–H groups in total. The lowest BCUT2D eigenvalue weighted by atomic mass is 9.93. The van der Waals surface area contributed by atoms with Crippen molar-refractivity contribution in [3.8, 4) is 5.69 Å². The Balaban J connectivity index is 1.73. The molecule has 2 aromatic rings. The monoisotopic (exact) mass is 342 g/mol. The van der Waals surface area contributed by atoms with Crippen LogP contribution in [0.5, 0.6) is 0 Å². The van der Waals surface area contributed by atoms with Crippen LogP contribution in [-0.2, 0) is 4.79 Å². The van der Waals surface area contributed by atoms with Crippen molar-refractivity contribution < 1.29 is 14.7 Å². The van der Waals surface area contributed by atoms with Crippen LogP contribution in [0.1, 0.15) is 41.9 Å².